The summed E-state index contributed by atoms with van der Waals surface area (Å²) in [4.78, 5) is 4.66. The van der Waals surface area contributed by atoms with Crippen LogP contribution in [0.2, 0.25) is 5.02 Å². The number of sulfone groups is 1. The summed E-state index contributed by atoms with van der Waals surface area (Å²) >= 11 is 5.90. The third kappa shape index (κ3) is 3.06. The maximum absolute atomic E-state index is 13.2. The molecule has 0 unspecified atom stereocenters. The third-order valence-electron chi connectivity index (χ3n) is 4.64. The van der Waals surface area contributed by atoms with Crippen LogP contribution in [0.3, 0.4) is 0 Å². The van der Waals surface area contributed by atoms with E-state index in [4.69, 9.17) is 11.6 Å². The molecule has 0 amide bonds. The fraction of sp³-hybridized carbons (Fsp3) is 0. The van der Waals surface area contributed by atoms with Crippen LogP contribution in [-0.4, -0.2) is 28.2 Å². The molecule has 9 heteroatoms. The Balaban J connectivity index is 1.75. The van der Waals surface area contributed by atoms with Gasteiger partial charge in [0.05, 0.1) is 10.4 Å². The molecule has 0 saturated heterocycles. The maximum Gasteiger partial charge on any atom is 0.229 e. The number of hydrogen-bond acceptors (Lipinski definition) is 6. The van der Waals surface area contributed by atoms with Gasteiger partial charge in [-0.3, -0.25) is 0 Å². The van der Waals surface area contributed by atoms with E-state index in [2.05, 4.69) is 20.6 Å². The van der Waals surface area contributed by atoms with Crippen LogP contribution in [0.5, 0.6) is 0 Å². The Bertz CT molecular complexity index is 1480. The Labute approximate surface area is 176 Å². The van der Waals surface area contributed by atoms with E-state index in [9.17, 15) is 8.42 Å². The van der Waals surface area contributed by atoms with Gasteiger partial charge in [0, 0.05) is 16.1 Å². The number of hydrogen-bond donors (Lipinski definition) is 1. The lowest BCUT2D eigenvalue weighted by molar-refractivity contribution is 0.592. The molecule has 3 aromatic carbocycles. The van der Waals surface area contributed by atoms with E-state index in [1.807, 2.05) is 54.6 Å². The van der Waals surface area contributed by atoms with Gasteiger partial charge in [0.2, 0.25) is 14.9 Å². The highest BCUT2D eigenvalue weighted by Crippen LogP contribution is 2.29. The van der Waals surface area contributed by atoms with Crippen molar-refractivity contribution in [2.24, 2.45) is 0 Å². The summed E-state index contributed by atoms with van der Waals surface area (Å²) in [5.74, 6) is 0.513. The Morgan fingerprint density at radius 3 is 2.33 bits per heavy atom. The largest absolute Gasteiger partial charge is 0.340 e. The van der Waals surface area contributed by atoms with Crippen LogP contribution in [0.1, 0.15) is 0 Å². The first-order chi connectivity index (χ1) is 14.5. The molecule has 0 aliphatic heterocycles. The molecule has 5 rings (SSSR count). The molecule has 2 aromatic heterocycles. The summed E-state index contributed by atoms with van der Waals surface area (Å²) in [7, 11) is -3.94. The molecule has 0 aliphatic rings. The lowest BCUT2D eigenvalue weighted by Crippen LogP contribution is -2.05. The lowest BCUT2D eigenvalue weighted by atomic mass is 10.2. The first kappa shape index (κ1) is 18.5. The van der Waals surface area contributed by atoms with Gasteiger partial charge in [0.15, 0.2) is 5.65 Å². The molecule has 7 nitrogen and oxygen atoms in total. The van der Waals surface area contributed by atoms with Crippen LogP contribution in [0.15, 0.2) is 88.8 Å². The Kier molecular flexibility index (Phi) is 4.38. The van der Waals surface area contributed by atoms with Gasteiger partial charge >= 0.3 is 0 Å². The van der Waals surface area contributed by atoms with Crippen molar-refractivity contribution in [2.75, 3.05) is 5.32 Å². The summed E-state index contributed by atoms with van der Waals surface area (Å²) in [5.41, 5.74) is 1.65. The van der Waals surface area contributed by atoms with E-state index in [0.717, 1.165) is 11.1 Å². The standard InChI is InChI=1S/C21H14ClN5O2S/c22-14-10-12-16(13-11-14)30(28,29)21-20-24-19(23-15-6-2-1-3-7-15)17-8-4-5-9-18(17)27(20)26-25-21/h1-13H,(H,23,24). The summed E-state index contributed by atoms with van der Waals surface area (Å²) in [6.45, 7) is 0. The highest BCUT2D eigenvalue weighted by molar-refractivity contribution is 7.91. The molecule has 0 bridgehead atoms. The van der Waals surface area contributed by atoms with Gasteiger partial charge < -0.3 is 5.32 Å². The van der Waals surface area contributed by atoms with Crippen molar-refractivity contribution in [2.45, 2.75) is 9.92 Å². The SMILES string of the molecule is O=S(=O)(c1ccc(Cl)cc1)c1nnn2c1nc(Nc1ccccc1)c1ccccc12. The van der Waals surface area contributed by atoms with Crippen molar-refractivity contribution in [3.8, 4) is 0 Å². The zero-order valence-electron chi connectivity index (χ0n) is 15.4. The number of para-hydroxylation sites is 2. The second kappa shape index (κ2) is 7.08. The van der Waals surface area contributed by atoms with Crippen LogP contribution >= 0.6 is 11.6 Å². The minimum absolute atomic E-state index is 0.0711. The maximum atomic E-state index is 13.2. The van der Waals surface area contributed by atoms with Crippen LogP contribution in [0, 0.1) is 0 Å². The quantitative estimate of drug-likeness (QED) is 0.447. The highest BCUT2D eigenvalue weighted by atomic mass is 35.5. The molecule has 0 saturated carbocycles. The number of anilines is 2. The van der Waals surface area contributed by atoms with Crippen LogP contribution in [0.25, 0.3) is 16.6 Å². The topological polar surface area (TPSA) is 89.2 Å². The van der Waals surface area contributed by atoms with Crippen molar-refractivity contribution in [1.82, 2.24) is 19.8 Å². The molecule has 0 aliphatic carbocycles. The van der Waals surface area contributed by atoms with Crippen LogP contribution in [0.4, 0.5) is 11.5 Å². The van der Waals surface area contributed by atoms with Crippen molar-refractivity contribution in [1.29, 1.82) is 0 Å². The van der Waals surface area contributed by atoms with Crippen LogP contribution in [-0.2, 0) is 9.84 Å². The fourth-order valence-electron chi connectivity index (χ4n) is 3.20. The lowest BCUT2D eigenvalue weighted by Gasteiger charge is -2.10. The molecule has 148 valence electrons. The molecule has 0 atom stereocenters. The predicted molar refractivity (Wildman–Crippen MR) is 115 cm³/mol. The summed E-state index contributed by atoms with van der Waals surface area (Å²) in [6.07, 6.45) is 0. The number of rotatable bonds is 4. The molecule has 5 aromatic rings. The van der Waals surface area contributed by atoms with Crippen molar-refractivity contribution in [3.63, 3.8) is 0 Å². The first-order valence-corrected chi connectivity index (χ1v) is 10.9. The molecule has 0 radical (unpaired) electrons. The summed E-state index contributed by atoms with van der Waals surface area (Å²) in [6, 6.07) is 22.9. The van der Waals surface area contributed by atoms with Gasteiger partial charge in [-0.2, -0.15) is 4.52 Å². The number of aromatic nitrogens is 4. The van der Waals surface area contributed by atoms with E-state index >= 15 is 0 Å². The molecule has 1 N–H and O–H groups in total. The number of fused-ring (bicyclic) bond motifs is 3. The van der Waals surface area contributed by atoms with Gasteiger partial charge in [0.25, 0.3) is 0 Å². The Morgan fingerprint density at radius 2 is 1.57 bits per heavy atom. The van der Waals surface area contributed by atoms with Crippen LogP contribution < -0.4 is 5.32 Å². The van der Waals surface area contributed by atoms with Crippen molar-refractivity contribution >= 4 is 49.5 Å². The third-order valence-corrected chi connectivity index (χ3v) is 6.56. The van der Waals surface area contributed by atoms with E-state index in [0.29, 0.717) is 16.4 Å². The second-order valence-corrected chi connectivity index (χ2v) is 8.86. The number of halogens is 1. The molecule has 0 spiro atoms. The minimum Gasteiger partial charge on any atom is -0.340 e. The zero-order valence-corrected chi connectivity index (χ0v) is 17.0. The van der Waals surface area contributed by atoms with Gasteiger partial charge in [-0.05, 0) is 48.5 Å². The highest BCUT2D eigenvalue weighted by Gasteiger charge is 2.27. The normalized spacial score (nSPS) is 11.8. The van der Waals surface area contributed by atoms with E-state index in [-0.39, 0.29) is 15.6 Å². The predicted octanol–water partition coefficient (Wildman–Crippen LogP) is 4.51. The van der Waals surface area contributed by atoms with Gasteiger partial charge in [0.1, 0.15) is 5.82 Å². The Hall–Kier alpha value is -3.49. The number of benzene rings is 3. The smallest absolute Gasteiger partial charge is 0.229 e. The van der Waals surface area contributed by atoms with E-state index < -0.39 is 9.84 Å². The average molecular weight is 436 g/mol. The van der Waals surface area contributed by atoms with Crippen molar-refractivity contribution in [3.05, 3.63) is 83.9 Å². The molecular formula is C21H14ClN5O2S. The fourth-order valence-corrected chi connectivity index (χ4v) is 4.56. The van der Waals surface area contributed by atoms with Gasteiger partial charge in [-0.25, -0.2) is 13.4 Å². The zero-order chi connectivity index (χ0) is 20.7. The second-order valence-electron chi connectivity index (χ2n) is 6.56. The minimum atomic E-state index is -3.94. The monoisotopic (exact) mass is 435 g/mol. The summed E-state index contributed by atoms with van der Waals surface area (Å²) in [5, 5.41) is 12.3. The molecule has 0 fully saturated rings. The molecule has 2 heterocycles. The number of nitrogens with zero attached hydrogens (tertiary/aromatic N) is 4. The van der Waals surface area contributed by atoms with Gasteiger partial charge in [-0.1, -0.05) is 47.1 Å². The van der Waals surface area contributed by atoms with E-state index in [1.54, 1.807) is 0 Å². The Morgan fingerprint density at radius 1 is 0.867 bits per heavy atom. The first-order valence-electron chi connectivity index (χ1n) is 9.01. The number of nitrogens with one attached hydrogen (secondary N) is 1. The molecular weight excluding hydrogens is 422 g/mol. The van der Waals surface area contributed by atoms with Gasteiger partial charge in [-0.15, -0.1) is 5.10 Å². The summed E-state index contributed by atoms with van der Waals surface area (Å²) < 4.78 is 27.9. The molecule has 30 heavy (non-hydrogen) atoms. The average Bonchev–Trinajstić information content (AvgIpc) is 3.20. The van der Waals surface area contributed by atoms with Crippen molar-refractivity contribution < 1.29 is 8.42 Å². The van der Waals surface area contributed by atoms with E-state index in [1.165, 1.54) is 28.8 Å².